The number of carbonyl (C=O) groups is 1. The van der Waals surface area contributed by atoms with Crippen LogP contribution in [-0.4, -0.2) is 43.3 Å². The van der Waals surface area contributed by atoms with Gasteiger partial charge in [0.05, 0.1) is 5.69 Å². The first-order chi connectivity index (χ1) is 12.1. The van der Waals surface area contributed by atoms with Crippen LogP contribution >= 0.6 is 11.6 Å². The summed E-state index contributed by atoms with van der Waals surface area (Å²) in [5, 5.41) is 9.08. The third-order valence-electron chi connectivity index (χ3n) is 4.37. The Morgan fingerprint density at radius 3 is 2.60 bits per heavy atom. The monoisotopic (exact) mass is 357 g/mol. The van der Waals surface area contributed by atoms with E-state index in [9.17, 15) is 9.59 Å². The molecule has 4 rings (SSSR count). The lowest BCUT2D eigenvalue weighted by atomic mass is 10.1. The van der Waals surface area contributed by atoms with Gasteiger partial charge in [-0.3, -0.25) is 9.59 Å². The summed E-state index contributed by atoms with van der Waals surface area (Å²) >= 11 is 5.90. The second-order valence-electron chi connectivity index (χ2n) is 6.05. The van der Waals surface area contributed by atoms with Gasteiger partial charge in [-0.25, -0.2) is 9.20 Å². The van der Waals surface area contributed by atoms with E-state index in [1.807, 2.05) is 12.1 Å². The molecular formula is C17H16ClN5O2. The zero-order chi connectivity index (χ0) is 17.4. The Hall–Kier alpha value is -2.67. The Morgan fingerprint density at radius 1 is 1.16 bits per heavy atom. The van der Waals surface area contributed by atoms with E-state index < -0.39 is 0 Å². The molecule has 0 saturated carbocycles. The highest BCUT2D eigenvalue weighted by Crippen LogP contribution is 2.20. The van der Waals surface area contributed by atoms with Crippen LogP contribution in [-0.2, 0) is 11.3 Å². The highest BCUT2D eigenvalue weighted by molar-refractivity contribution is 6.30. The fraction of sp³-hybridized carbons (Fsp3) is 0.294. The summed E-state index contributed by atoms with van der Waals surface area (Å²) in [6, 6.07) is 8.92. The molecule has 1 aliphatic heterocycles. The summed E-state index contributed by atoms with van der Waals surface area (Å²) in [7, 11) is 0. The summed E-state index contributed by atoms with van der Waals surface area (Å²) in [5.74, 6) is -0.0751. The first-order valence-electron chi connectivity index (χ1n) is 8.11. The Balaban J connectivity index is 1.66. The molecule has 1 aromatic carbocycles. The number of halogens is 1. The van der Waals surface area contributed by atoms with E-state index in [1.54, 1.807) is 23.1 Å². The van der Waals surface area contributed by atoms with E-state index in [0.29, 0.717) is 16.2 Å². The number of likely N-dealkylation sites (tertiary alicyclic amines) is 1. The lowest BCUT2D eigenvalue weighted by molar-refractivity contribution is -0.131. The average molecular weight is 358 g/mol. The summed E-state index contributed by atoms with van der Waals surface area (Å²) in [6.07, 6.45) is 3.48. The smallest absolute Gasteiger partial charge is 0.293 e. The molecule has 2 aromatic heterocycles. The van der Waals surface area contributed by atoms with Crippen LogP contribution in [0.1, 0.15) is 12.8 Å². The predicted molar refractivity (Wildman–Crippen MR) is 93.5 cm³/mol. The van der Waals surface area contributed by atoms with Crippen molar-refractivity contribution in [3.63, 3.8) is 0 Å². The number of hydrogen-bond acceptors (Lipinski definition) is 4. The van der Waals surface area contributed by atoms with Crippen LogP contribution in [0.3, 0.4) is 0 Å². The van der Waals surface area contributed by atoms with E-state index in [-0.39, 0.29) is 18.0 Å². The van der Waals surface area contributed by atoms with E-state index in [2.05, 4.69) is 10.2 Å². The molecule has 128 valence electrons. The molecule has 0 spiro atoms. The third kappa shape index (κ3) is 3.02. The van der Waals surface area contributed by atoms with Gasteiger partial charge in [-0.2, -0.15) is 10.2 Å². The molecule has 1 amide bonds. The quantitative estimate of drug-likeness (QED) is 0.717. The van der Waals surface area contributed by atoms with Crippen LogP contribution in [0.5, 0.6) is 0 Å². The Bertz CT molecular complexity index is 986. The lowest BCUT2D eigenvalue weighted by Crippen LogP contribution is -2.36. The molecule has 0 radical (unpaired) electrons. The summed E-state index contributed by atoms with van der Waals surface area (Å²) < 4.78 is 2.63. The van der Waals surface area contributed by atoms with E-state index in [1.165, 1.54) is 15.5 Å². The van der Waals surface area contributed by atoms with Crippen LogP contribution in [0, 0.1) is 0 Å². The Labute approximate surface area is 148 Å². The van der Waals surface area contributed by atoms with Crippen molar-refractivity contribution in [3.8, 4) is 11.3 Å². The number of benzene rings is 1. The van der Waals surface area contributed by atoms with Crippen molar-refractivity contribution in [2.24, 2.45) is 0 Å². The molecule has 25 heavy (non-hydrogen) atoms. The molecule has 1 saturated heterocycles. The molecule has 3 heterocycles. The summed E-state index contributed by atoms with van der Waals surface area (Å²) in [6.45, 7) is 1.46. The van der Waals surface area contributed by atoms with Gasteiger partial charge in [-0.1, -0.05) is 23.7 Å². The van der Waals surface area contributed by atoms with E-state index in [0.717, 1.165) is 31.5 Å². The molecule has 1 aliphatic rings. The predicted octanol–water partition coefficient (Wildman–Crippen LogP) is 1.83. The van der Waals surface area contributed by atoms with Gasteiger partial charge in [-0.15, -0.1) is 0 Å². The van der Waals surface area contributed by atoms with Crippen molar-refractivity contribution in [2.45, 2.75) is 19.4 Å². The highest BCUT2D eigenvalue weighted by Gasteiger charge is 2.19. The number of nitrogens with zero attached hydrogens (tertiary/aromatic N) is 5. The molecule has 0 unspecified atom stereocenters. The van der Waals surface area contributed by atoms with Gasteiger partial charge in [0.1, 0.15) is 18.4 Å². The minimum atomic E-state index is -0.331. The van der Waals surface area contributed by atoms with Gasteiger partial charge in [0.2, 0.25) is 5.91 Å². The van der Waals surface area contributed by atoms with Gasteiger partial charge in [0.15, 0.2) is 0 Å². The van der Waals surface area contributed by atoms with Crippen LogP contribution in [0.4, 0.5) is 0 Å². The maximum Gasteiger partial charge on any atom is 0.293 e. The average Bonchev–Trinajstić information content (AvgIpc) is 3.28. The van der Waals surface area contributed by atoms with Crippen LogP contribution < -0.4 is 5.56 Å². The van der Waals surface area contributed by atoms with Crippen molar-refractivity contribution >= 4 is 23.0 Å². The van der Waals surface area contributed by atoms with Gasteiger partial charge in [-0.05, 0) is 31.0 Å². The number of amides is 1. The largest absolute Gasteiger partial charge is 0.341 e. The third-order valence-corrected chi connectivity index (χ3v) is 4.63. The topological polar surface area (TPSA) is 72.5 Å². The van der Waals surface area contributed by atoms with Crippen molar-refractivity contribution in [2.75, 3.05) is 13.1 Å². The molecule has 8 heteroatoms. The molecule has 3 aromatic rings. The van der Waals surface area contributed by atoms with E-state index >= 15 is 0 Å². The summed E-state index contributed by atoms with van der Waals surface area (Å²) in [5.41, 5.74) is 1.56. The standard InChI is InChI=1S/C17H16ClN5O2/c18-13-5-3-12(4-6-13)14-9-15-17(25)22(19-11-23(15)20-14)10-16(24)21-7-1-2-8-21/h3-6,9,11H,1-2,7-8,10H2. The minimum Gasteiger partial charge on any atom is -0.341 e. The maximum absolute atomic E-state index is 12.6. The summed E-state index contributed by atoms with van der Waals surface area (Å²) in [4.78, 5) is 26.6. The zero-order valence-electron chi connectivity index (χ0n) is 13.4. The molecule has 0 N–H and O–H groups in total. The first-order valence-corrected chi connectivity index (χ1v) is 8.49. The molecule has 0 atom stereocenters. The SMILES string of the molecule is O=C(Cn1ncn2nc(-c3ccc(Cl)cc3)cc2c1=O)N1CCCC1. The Morgan fingerprint density at radius 2 is 1.88 bits per heavy atom. The minimum absolute atomic E-state index is 0.0448. The molecular weight excluding hydrogens is 342 g/mol. The van der Waals surface area contributed by atoms with Gasteiger partial charge in [0.25, 0.3) is 5.56 Å². The van der Waals surface area contributed by atoms with Crippen LogP contribution in [0.2, 0.25) is 5.02 Å². The number of hydrogen-bond donors (Lipinski definition) is 0. The van der Waals surface area contributed by atoms with Crippen LogP contribution in [0.25, 0.3) is 16.8 Å². The molecule has 0 aliphatic carbocycles. The maximum atomic E-state index is 12.6. The number of carbonyl (C=O) groups excluding carboxylic acids is 1. The fourth-order valence-corrected chi connectivity index (χ4v) is 3.13. The van der Waals surface area contributed by atoms with Crippen molar-refractivity contribution in [1.29, 1.82) is 0 Å². The second-order valence-corrected chi connectivity index (χ2v) is 6.48. The van der Waals surface area contributed by atoms with Crippen LogP contribution in [0.15, 0.2) is 41.5 Å². The fourth-order valence-electron chi connectivity index (χ4n) is 3.01. The second kappa shape index (κ2) is 6.33. The highest BCUT2D eigenvalue weighted by atomic mass is 35.5. The molecule has 1 fully saturated rings. The molecule has 7 nitrogen and oxygen atoms in total. The zero-order valence-corrected chi connectivity index (χ0v) is 14.2. The van der Waals surface area contributed by atoms with Gasteiger partial charge >= 0.3 is 0 Å². The van der Waals surface area contributed by atoms with Crippen molar-refractivity contribution in [1.82, 2.24) is 24.3 Å². The van der Waals surface area contributed by atoms with Gasteiger partial charge < -0.3 is 4.90 Å². The molecule has 0 bridgehead atoms. The van der Waals surface area contributed by atoms with E-state index in [4.69, 9.17) is 11.6 Å². The van der Waals surface area contributed by atoms with Crippen molar-refractivity contribution < 1.29 is 4.79 Å². The lowest BCUT2D eigenvalue weighted by Gasteiger charge is -2.15. The normalized spacial score (nSPS) is 14.4. The number of aromatic nitrogens is 4. The number of fused-ring (bicyclic) bond motifs is 1. The Kier molecular flexibility index (Phi) is 4.01. The van der Waals surface area contributed by atoms with Gasteiger partial charge in [0, 0.05) is 23.7 Å². The first kappa shape index (κ1) is 15.8. The van der Waals surface area contributed by atoms with Crippen molar-refractivity contribution in [3.05, 3.63) is 52.0 Å². The number of rotatable bonds is 3.